The first-order valence-electron chi connectivity index (χ1n) is 7.00. The third kappa shape index (κ3) is 5.74. The molecule has 0 aliphatic heterocycles. The molecule has 0 saturated heterocycles. The summed E-state index contributed by atoms with van der Waals surface area (Å²) < 4.78 is 23.8. The van der Waals surface area contributed by atoms with Crippen molar-refractivity contribution in [1.82, 2.24) is 4.90 Å². The van der Waals surface area contributed by atoms with Gasteiger partial charge in [0.2, 0.25) is 5.91 Å². The lowest BCUT2D eigenvalue weighted by molar-refractivity contribution is -0.128. The molecule has 4 nitrogen and oxygen atoms in total. The molecule has 5 heteroatoms. The van der Waals surface area contributed by atoms with Gasteiger partial charge in [-0.3, -0.25) is 4.79 Å². The maximum atomic E-state index is 11.9. The average molecular weight is 297 g/mol. The van der Waals surface area contributed by atoms with Crippen LogP contribution in [0.5, 0.6) is 0 Å². The number of rotatable bonds is 8. The minimum atomic E-state index is -3.31. The zero-order valence-corrected chi connectivity index (χ0v) is 13.0. The van der Waals surface area contributed by atoms with Crippen LogP contribution < -0.4 is 0 Å². The van der Waals surface area contributed by atoms with Gasteiger partial charge in [-0.15, -0.1) is 0 Å². The van der Waals surface area contributed by atoms with Gasteiger partial charge in [0.05, 0.1) is 5.75 Å². The quantitative estimate of drug-likeness (QED) is 0.736. The fraction of sp³-hybridized carbons (Fsp3) is 0.533. The highest BCUT2D eigenvalue weighted by molar-refractivity contribution is 7.92. The van der Waals surface area contributed by atoms with Crippen molar-refractivity contribution in [1.29, 1.82) is 0 Å². The number of nitrogens with zero attached hydrogens (tertiary/aromatic N) is 1. The van der Waals surface area contributed by atoms with E-state index in [0.717, 1.165) is 12.0 Å². The van der Waals surface area contributed by atoms with E-state index in [2.05, 4.69) is 0 Å². The Morgan fingerprint density at radius 1 is 1.10 bits per heavy atom. The molecule has 0 atom stereocenters. The minimum absolute atomic E-state index is 0.0644. The van der Waals surface area contributed by atoms with Gasteiger partial charge in [0.1, 0.15) is 5.75 Å². The molecule has 0 bridgehead atoms. The van der Waals surface area contributed by atoms with Crippen molar-refractivity contribution < 1.29 is 13.2 Å². The van der Waals surface area contributed by atoms with Gasteiger partial charge in [0.15, 0.2) is 9.84 Å². The summed E-state index contributed by atoms with van der Waals surface area (Å²) in [5.74, 6) is -0.604. The highest BCUT2D eigenvalue weighted by Gasteiger charge is 2.19. The third-order valence-corrected chi connectivity index (χ3v) is 4.82. The van der Waals surface area contributed by atoms with E-state index >= 15 is 0 Å². The predicted molar refractivity (Wildman–Crippen MR) is 81.3 cm³/mol. The number of carbonyl (C=O) groups excluding carboxylic acids is 1. The summed E-state index contributed by atoms with van der Waals surface area (Å²) in [5.41, 5.74) is 1.12. The summed E-state index contributed by atoms with van der Waals surface area (Å²) in [4.78, 5) is 13.4. The van der Waals surface area contributed by atoms with Crippen molar-refractivity contribution in [3.8, 4) is 0 Å². The van der Waals surface area contributed by atoms with Crippen molar-refractivity contribution in [2.24, 2.45) is 0 Å². The van der Waals surface area contributed by atoms with Crippen LogP contribution in [0.3, 0.4) is 0 Å². The lowest BCUT2D eigenvalue weighted by Crippen LogP contribution is -2.36. The Morgan fingerprint density at radius 2 is 1.70 bits per heavy atom. The molecule has 0 fully saturated rings. The van der Waals surface area contributed by atoms with E-state index in [1.165, 1.54) is 0 Å². The molecule has 0 aliphatic rings. The first-order chi connectivity index (χ1) is 9.48. The van der Waals surface area contributed by atoms with Crippen LogP contribution in [0.25, 0.3) is 0 Å². The molecule has 1 aromatic rings. The number of carbonyl (C=O) groups is 1. The highest BCUT2D eigenvalue weighted by Crippen LogP contribution is 2.05. The maximum absolute atomic E-state index is 11.9. The monoisotopic (exact) mass is 297 g/mol. The lowest BCUT2D eigenvalue weighted by Gasteiger charge is -2.18. The number of benzene rings is 1. The smallest absolute Gasteiger partial charge is 0.237 e. The van der Waals surface area contributed by atoms with E-state index in [1.807, 2.05) is 44.2 Å². The van der Waals surface area contributed by atoms with Gasteiger partial charge in [0, 0.05) is 13.1 Å². The standard InChI is InChI=1S/C15H23NO3S/c1-3-16(4-2)15(17)13-20(18,19)12-8-11-14-9-6-5-7-10-14/h5-7,9-10H,3-4,8,11-13H2,1-2H3. The number of sulfone groups is 1. The molecule has 0 heterocycles. The van der Waals surface area contributed by atoms with Gasteiger partial charge in [-0.1, -0.05) is 30.3 Å². The molecule has 1 amide bonds. The highest BCUT2D eigenvalue weighted by atomic mass is 32.2. The van der Waals surface area contributed by atoms with Crippen LogP contribution in [0, 0.1) is 0 Å². The van der Waals surface area contributed by atoms with E-state index in [1.54, 1.807) is 4.90 Å². The van der Waals surface area contributed by atoms with Gasteiger partial charge in [-0.2, -0.15) is 0 Å². The SMILES string of the molecule is CCN(CC)C(=O)CS(=O)(=O)CCCc1ccccc1. The van der Waals surface area contributed by atoms with Crippen molar-refractivity contribution in [2.45, 2.75) is 26.7 Å². The third-order valence-electron chi connectivity index (χ3n) is 3.22. The van der Waals surface area contributed by atoms with Crippen LogP contribution in [0.2, 0.25) is 0 Å². The second kappa shape index (κ2) is 8.04. The van der Waals surface area contributed by atoms with Gasteiger partial charge in [-0.25, -0.2) is 8.42 Å². The molecular formula is C15H23NO3S. The van der Waals surface area contributed by atoms with E-state index in [0.29, 0.717) is 19.5 Å². The van der Waals surface area contributed by atoms with Crippen LogP contribution in [-0.4, -0.2) is 43.8 Å². The van der Waals surface area contributed by atoms with E-state index in [4.69, 9.17) is 0 Å². The summed E-state index contributed by atoms with van der Waals surface area (Å²) in [6.07, 6.45) is 1.28. The molecular weight excluding hydrogens is 274 g/mol. The predicted octanol–water partition coefficient (Wildman–Crippen LogP) is 1.90. The Balaban J connectivity index is 2.44. The summed E-state index contributed by atoms with van der Waals surface area (Å²) >= 11 is 0. The fourth-order valence-corrected chi connectivity index (χ4v) is 3.36. The molecule has 0 N–H and O–H groups in total. The first-order valence-corrected chi connectivity index (χ1v) is 8.82. The van der Waals surface area contributed by atoms with Crippen LogP contribution in [0.15, 0.2) is 30.3 Å². The molecule has 0 spiro atoms. The topological polar surface area (TPSA) is 54.5 Å². The second-order valence-electron chi connectivity index (χ2n) is 4.75. The second-order valence-corrected chi connectivity index (χ2v) is 6.93. The molecule has 0 saturated carbocycles. The molecule has 0 aliphatic carbocycles. The lowest BCUT2D eigenvalue weighted by atomic mass is 10.1. The van der Waals surface area contributed by atoms with Crippen molar-refractivity contribution >= 4 is 15.7 Å². The Bertz CT molecular complexity index is 507. The number of aryl methyl sites for hydroxylation is 1. The summed E-state index contributed by atoms with van der Waals surface area (Å²) in [5, 5.41) is 0. The molecule has 1 rings (SSSR count). The largest absolute Gasteiger partial charge is 0.342 e. The Labute approximate surface area is 121 Å². The number of amides is 1. The van der Waals surface area contributed by atoms with E-state index < -0.39 is 9.84 Å². The zero-order chi connectivity index (χ0) is 15.0. The average Bonchev–Trinajstić information content (AvgIpc) is 2.40. The molecule has 0 aromatic heterocycles. The van der Waals surface area contributed by atoms with Crippen LogP contribution in [-0.2, 0) is 21.1 Å². The van der Waals surface area contributed by atoms with Gasteiger partial charge < -0.3 is 4.90 Å². The van der Waals surface area contributed by atoms with Gasteiger partial charge in [-0.05, 0) is 32.3 Å². The van der Waals surface area contributed by atoms with E-state index in [-0.39, 0.29) is 17.4 Å². The zero-order valence-electron chi connectivity index (χ0n) is 12.2. The fourth-order valence-electron chi connectivity index (χ4n) is 2.07. The summed E-state index contributed by atoms with van der Waals surface area (Å²) in [6.45, 7) is 4.80. The van der Waals surface area contributed by atoms with Gasteiger partial charge in [0.25, 0.3) is 0 Å². The van der Waals surface area contributed by atoms with Crippen LogP contribution in [0.4, 0.5) is 0 Å². The van der Waals surface area contributed by atoms with Crippen molar-refractivity contribution in [3.05, 3.63) is 35.9 Å². The van der Waals surface area contributed by atoms with Crippen molar-refractivity contribution in [3.63, 3.8) is 0 Å². The summed E-state index contributed by atoms with van der Waals surface area (Å²) in [6, 6.07) is 9.77. The van der Waals surface area contributed by atoms with Gasteiger partial charge >= 0.3 is 0 Å². The van der Waals surface area contributed by atoms with E-state index in [9.17, 15) is 13.2 Å². The van der Waals surface area contributed by atoms with Crippen LogP contribution in [0.1, 0.15) is 25.8 Å². The normalized spacial score (nSPS) is 11.3. The molecule has 112 valence electrons. The molecule has 0 unspecified atom stereocenters. The van der Waals surface area contributed by atoms with Crippen LogP contribution >= 0.6 is 0 Å². The minimum Gasteiger partial charge on any atom is -0.342 e. The molecule has 20 heavy (non-hydrogen) atoms. The first kappa shape index (κ1) is 16.7. The maximum Gasteiger partial charge on any atom is 0.237 e. The Kier molecular flexibility index (Phi) is 6.71. The Morgan fingerprint density at radius 3 is 2.25 bits per heavy atom. The Hall–Kier alpha value is -1.36. The number of hydrogen-bond acceptors (Lipinski definition) is 3. The number of hydrogen-bond donors (Lipinski definition) is 0. The van der Waals surface area contributed by atoms with Crippen molar-refractivity contribution in [2.75, 3.05) is 24.6 Å². The molecule has 0 radical (unpaired) electrons. The molecule has 1 aromatic carbocycles. The summed E-state index contributed by atoms with van der Waals surface area (Å²) in [7, 11) is -3.31.